The Bertz CT molecular complexity index is 1040. The van der Waals surface area contributed by atoms with E-state index in [9.17, 15) is 23.3 Å². The van der Waals surface area contributed by atoms with Gasteiger partial charge in [0.15, 0.2) is 0 Å². The zero-order chi connectivity index (χ0) is 21.8. The maximum atomic E-state index is 12.3. The number of rotatable bonds is 9. The van der Waals surface area contributed by atoms with Gasteiger partial charge in [-0.15, -0.1) is 0 Å². The van der Waals surface area contributed by atoms with E-state index in [4.69, 9.17) is 5.14 Å². The van der Waals surface area contributed by atoms with Crippen molar-refractivity contribution in [2.24, 2.45) is 5.14 Å². The molecular formula is C20H24N4O5S. The van der Waals surface area contributed by atoms with E-state index in [0.717, 1.165) is 25.3 Å². The van der Waals surface area contributed by atoms with Crippen molar-refractivity contribution in [2.45, 2.75) is 36.0 Å². The summed E-state index contributed by atoms with van der Waals surface area (Å²) in [6.07, 6.45) is 3.31. The van der Waals surface area contributed by atoms with Gasteiger partial charge in [-0.1, -0.05) is 36.8 Å². The molecule has 0 spiro atoms. The molecule has 0 saturated heterocycles. The standard InChI is InChI=1S/C20H24N4O5S/c21-30(28,29)16-7-8-17(18(13-16)24(26)27)22-12-9-19(25)23-14-20(10-4-11-20)15-5-2-1-3-6-15/h1-3,5-8,13,22H,4,9-12,14H2,(H,23,25)(H2,21,28,29). The van der Waals surface area contributed by atoms with E-state index < -0.39 is 20.6 Å². The Kier molecular flexibility index (Phi) is 6.37. The minimum atomic E-state index is -4.05. The molecule has 0 aromatic heterocycles. The molecule has 0 heterocycles. The summed E-state index contributed by atoms with van der Waals surface area (Å²) in [6, 6.07) is 13.5. The van der Waals surface area contributed by atoms with E-state index in [0.29, 0.717) is 6.54 Å². The van der Waals surface area contributed by atoms with E-state index in [2.05, 4.69) is 22.8 Å². The third kappa shape index (κ3) is 4.95. The highest BCUT2D eigenvalue weighted by Gasteiger charge is 2.38. The van der Waals surface area contributed by atoms with Crippen LogP contribution in [0.5, 0.6) is 0 Å². The number of anilines is 1. The number of carbonyl (C=O) groups excluding carboxylic acids is 1. The van der Waals surface area contributed by atoms with Gasteiger partial charge in [-0.05, 0) is 30.5 Å². The van der Waals surface area contributed by atoms with Gasteiger partial charge >= 0.3 is 0 Å². The fourth-order valence-electron chi connectivity index (χ4n) is 3.62. The lowest BCUT2D eigenvalue weighted by molar-refractivity contribution is -0.384. The number of primary sulfonamides is 1. The van der Waals surface area contributed by atoms with Crippen LogP contribution in [-0.2, 0) is 20.2 Å². The fraction of sp³-hybridized carbons (Fsp3) is 0.350. The molecule has 4 N–H and O–H groups in total. The van der Waals surface area contributed by atoms with Crippen LogP contribution in [0.2, 0.25) is 0 Å². The van der Waals surface area contributed by atoms with Crippen LogP contribution in [0.25, 0.3) is 0 Å². The molecule has 160 valence electrons. The summed E-state index contributed by atoms with van der Waals surface area (Å²) in [6.45, 7) is 0.721. The summed E-state index contributed by atoms with van der Waals surface area (Å²) in [5, 5.41) is 22.0. The highest BCUT2D eigenvalue weighted by atomic mass is 32.2. The van der Waals surface area contributed by atoms with Gasteiger partial charge in [-0.2, -0.15) is 0 Å². The highest BCUT2D eigenvalue weighted by Crippen LogP contribution is 2.43. The van der Waals surface area contributed by atoms with Gasteiger partial charge in [0.2, 0.25) is 15.9 Å². The molecule has 0 aliphatic heterocycles. The van der Waals surface area contributed by atoms with Crippen molar-refractivity contribution in [3.8, 4) is 0 Å². The Labute approximate surface area is 174 Å². The van der Waals surface area contributed by atoms with Crippen molar-refractivity contribution in [1.29, 1.82) is 0 Å². The first-order valence-electron chi connectivity index (χ1n) is 9.59. The third-order valence-corrected chi connectivity index (χ3v) is 6.39. The minimum absolute atomic E-state index is 0.0211. The Morgan fingerprint density at radius 1 is 1.17 bits per heavy atom. The largest absolute Gasteiger partial charge is 0.379 e. The lowest BCUT2D eigenvalue weighted by atomic mass is 9.64. The summed E-state index contributed by atoms with van der Waals surface area (Å²) < 4.78 is 22.8. The topological polar surface area (TPSA) is 144 Å². The number of carbonyl (C=O) groups is 1. The van der Waals surface area contributed by atoms with Gasteiger partial charge in [-0.25, -0.2) is 13.6 Å². The predicted octanol–water partition coefficient (Wildman–Crippen LogP) is 2.28. The Morgan fingerprint density at radius 3 is 2.43 bits per heavy atom. The molecule has 9 nitrogen and oxygen atoms in total. The number of hydrogen-bond acceptors (Lipinski definition) is 6. The SMILES string of the molecule is NS(=O)(=O)c1ccc(NCCC(=O)NCC2(c3ccccc3)CCC2)c([N+](=O)[O-])c1. The van der Waals surface area contributed by atoms with E-state index in [1.165, 1.54) is 17.7 Å². The van der Waals surface area contributed by atoms with Gasteiger partial charge < -0.3 is 10.6 Å². The third-order valence-electron chi connectivity index (χ3n) is 5.48. The Morgan fingerprint density at radius 2 is 1.87 bits per heavy atom. The number of nitrogens with two attached hydrogens (primary N) is 1. The van der Waals surface area contributed by atoms with Gasteiger partial charge in [0.1, 0.15) is 5.69 Å². The van der Waals surface area contributed by atoms with E-state index in [-0.39, 0.29) is 34.9 Å². The van der Waals surface area contributed by atoms with Crippen LogP contribution in [0.4, 0.5) is 11.4 Å². The molecule has 3 rings (SSSR count). The molecule has 0 radical (unpaired) electrons. The van der Waals surface area contributed by atoms with E-state index in [1.807, 2.05) is 18.2 Å². The number of nitrogens with zero attached hydrogens (tertiary/aromatic N) is 1. The minimum Gasteiger partial charge on any atom is -0.379 e. The smallest absolute Gasteiger partial charge is 0.293 e. The number of hydrogen-bond donors (Lipinski definition) is 3. The summed E-state index contributed by atoms with van der Waals surface area (Å²) in [5.41, 5.74) is 0.909. The second-order valence-corrected chi connectivity index (χ2v) is 9.00. The average molecular weight is 433 g/mol. The van der Waals surface area contributed by atoms with Crippen molar-refractivity contribution in [3.63, 3.8) is 0 Å². The summed E-state index contributed by atoms with van der Waals surface area (Å²) in [4.78, 5) is 22.5. The van der Waals surface area contributed by atoms with Crippen molar-refractivity contribution < 1.29 is 18.1 Å². The first-order chi connectivity index (χ1) is 14.2. The number of nitrogens with one attached hydrogen (secondary N) is 2. The highest BCUT2D eigenvalue weighted by molar-refractivity contribution is 7.89. The molecular weight excluding hydrogens is 408 g/mol. The van der Waals surface area contributed by atoms with Crippen LogP contribution >= 0.6 is 0 Å². The molecule has 1 aliphatic carbocycles. The van der Waals surface area contributed by atoms with Gasteiger partial charge in [-0.3, -0.25) is 14.9 Å². The van der Waals surface area contributed by atoms with Crippen LogP contribution < -0.4 is 15.8 Å². The average Bonchev–Trinajstić information content (AvgIpc) is 2.67. The summed E-state index contributed by atoms with van der Waals surface area (Å²) >= 11 is 0. The molecule has 0 bridgehead atoms. The summed E-state index contributed by atoms with van der Waals surface area (Å²) in [5.74, 6) is -0.159. The zero-order valence-corrected chi connectivity index (χ0v) is 17.2. The molecule has 2 aromatic carbocycles. The Hall–Kier alpha value is -2.98. The maximum Gasteiger partial charge on any atom is 0.293 e. The number of nitro benzene ring substituents is 1. The number of amides is 1. The molecule has 0 unspecified atom stereocenters. The molecule has 1 amide bonds. The number of sulfonamides is 1. The lowest BCUT2D eigenvalue weighted by Crippen LogP contribution is -2.45. The first kappa shape index (κ1) is 21.7. The summed E-state index contributed by atoms with van der Waals surface area (Å²) in [7, 11) is -4.05. The zero-order valence-electron chi connectivity index (χ0n) is 16.3. The molecule has 2 aromatic rings. The molecule has 30 heavy (non-hydrogen) atoms. The lowest BCUT2D eigenvalue weighted by Gasteiger charge is -2.42. The van der Waals surface area contributed by atoms with Gasteiger partial charge in [0, 0.05) is 31.0 Å². The predicted molar refractivity (Wildman–Crippen MR) is 113 cm³/mol. The molecule has 1 fully saturated rings. The second kappa shape index (κ2) is 8.80. The van der Waals surface area contributed by atoms with E-state index in [1.54, 1.807) is 0 Å². The maximum absolute atomic E-state index is 12.3. The van der Waals surface area contributed by atoms with Crippen LogP contribution in [0, 0.1) is 10.1 Å². The Balaban J connectivity index is 1.55. The van der Waals surface area contributed by atoms with Crippen molar-refractivity contribution in [1.82, 2.24) is 5.32 Å². The monoisotopic (exact) mass is 432 g/mol. The van der Waals surface area contributed by atoms with Crippen molar-refractivity contribution in [3.05, 3.63) is 64.2 Å². The van der Waals surface area contributed by atoms with Crippen LogP contribution in [0.15, 0.2) is 53.4 Å². The van der Waals surface area contributed by atoms with Crippen LogP contribution in [0.1, 0.15) is 31.2 Å². The fourth-order valence-corrected chi connectivity index (χ4v) is 4.15. The normalized spacial score (nSPS) is 15.1. The molecule has 1 saturated carbocycles. The van der Waals surface area contributed by atoms with Gasteiger partial charge in [0.05, 0.1) is 9.82 Å². The number of nitro groups is 1. The molecule has 10 heteroatoms. The van der Waals surface area contributed by atoms with E-state index >= 15 is 0 Å². The van der Waals surface area contributed by atoms with Crippen LogP contribution in [-0.4, -0.2) is 32.3 Å². The quantitative estimate of drug-likeness (QED) is 0.409. The van der Waals surface area contributed by atoms with Crippen molar-refractivity contribution in [2.75, 3.05) is 18.4 Å². The second-order valence-electron chi connectivity index (χ2n) is 7.43. The van der Waals surface area contributed by atoms with Crippen LogP contribution in [0.3, 0.4) is 0 Å². The molecule has 1 aliphatic rings. The molecule has 0 atom stereocenters. The van der Waals surface area contributed by atoms with Gasteiger partial charge in [0.25, 0.3) is 5.69 Å². The van der Waals surface area contributed by atoms with Crippen molar-refractivity contribution >= 4 is 27.3 Å². The first-order valence-corrected chi connectivity index (χ1v) is 11.1. The number of benzene rings is 2.